The molecule has 23 heavy (non-hydrogen) atoms. The number of benzene rings is 2. The van der Waals surface area contributed by atoms with Crippen molar-refractivity contribution in [2.75, 3.05) is 0 Å². The molecule has 1 aliphatic rings. The van der Waals surface area contributed by atoms with Crippen molar-refractivity contribution in [2.24, 2.45) is 0 Å². The molecule has 0 saturated carbocycles. The molecule has 130 valence electrons. The minimum absolute atomic E-state index is 0. The topological polar surface area (TPSA) is 0 Å². The van der Waals surface area contributed by atoms with Crippen molar-refractivity contribution in [3.8, 4) is 11.1 Å². The number of hydrogen-bond donors (Lipinski definition) is 0. The van der Waals surface area contributed by atoms with Crippen LogP contribution in [0.4, 0.5) is 0 Å². The Morgan fingerprint density at radius 3 is 1.30 bits per heavy atom. The Bertz CT molecular complexity index is 465. The monoisotopic (exact) mass is 314 g/mol. The van der Waals surface area contributed by atoms with Crippen molar-refractivity contribution in [1.82, 2.24) is 0 Å². The second kappa shape index (κ2) is 14.1. The quantitative estimate of drug-likeness (QED) is 0.447. The second-order valence-electron chi connectivity index (χ2n) is 5.55. The summed E-state index contributed by atoms with van der Waals surface area (Å²) < 4.78 is 0. The third-order valence-corrected chi connectivity index (χ3v) is 3.41. The van der Waals surface area contributed by atoms with Gasteiger partial charge in [0.1, 0.15) is 0 Å². The SMILES string of the molecule is C.C.CCC.CCCCC.c1ccc2c(c1)Cc1ccccc1-2. The van der Waals surface area contributed by atoms with Crippen molar-refractivity contribution in [1.29, 1.82) is 0 Å². The lowest BCUT2D eigenvalue weighted by atomic mass is 10.1. The van der Waals surface area contributed by atoms with E-state index >= 15 is 0 Å². The number of unbranched alkanes of at least 4 members (excludes halogenated alkanes) is 2. The lowest BCUT2D eigenvalue weighted by molar-refractivity contribution is 0.772. The normalized spacial score (nSPS) is 9.57. The molecule has 0 atom stereocenters. The highest BCUT2D eigenvalue weighted by Crippen LogP contribution is 2.35. The third kappa shape index (κ3) is 7.50. The molecule has 1 aliphatic carbocycles. The van der Waals surface area contributed by atoms with Crippen LogP contribution in [0.5, 0.6) is 0 Å². The molecular formula is C23H38. The molecule has 2 aromatic carbocycles. The van der Waals surface area contributed by atoms with Crippen molar-refractivity contribution < 1.29 is 0 Å². The smallest absolute Gasteiger partial charge is 0.00135 e. The molecule has 0 aromatic heterocycles. The van der Waals surface area contributed by atoms with Crippen molar-refractivity contribution >= 4 is 0 Å². The molecule has 0 unspecified atom stereocenters. The average molecular weight is 315 g/mol. The van der Waals surface area contributed by atoms with Crippen LogP contribution in [0, 0.1) is 0 Å². The molecule has 0 aliphatic heterocycles. The average Bonchev–Trinajstić information content (AvgIpc) is 2.88. The number of hydrogen-bond acceptors (Lipinski definition) is 0. The molecular weight excluding hydrogens is 276 g/mol. The fourth-order valence-corrected chi connectivity index (χ4v) is 2.43. The van der Waals surface area contributed by atoms with Gasteiger partial charge in [0.15, 0.2) is 0 Å². The molecule has 0 nitrogen and oxygen atoms in total. The van der Waals surface area contributed by atoms with Gasteiger partial charge in [-0.3, -0.25) is 0 Å². The van der Waals surface area contributed by atoms with Crippen LogP contribution in [0.2, 0.25) is 0 Å². The predicted octanol–water partition coefficient (Wildman–Crippen LogP) is 8.14. The molecule has 0 saturated heterocycles. The standard InChI is InChI=1S/C13H10.C5H12.C3H8.2CH4/c1-3-7-12-10(5-1)9-11-6-2-4-8-13(11)12;1-3-5-4-2;1-3-2;;/h1-8H,9H2;3-5H2,1-2H3;3H2,1-2H3;2*1H4. The van der Waals surface area contributed by atoms with E-state index in [0.717, 1.165) is 6.42 Å². The summed E-state index contributed by atoms with van der Waals surface area (Å²) in [5.41, 5.74) is 5.75. The van der Waals surface area contributed by atoms with Crippen LogP contribution >= 0.6 is 0 Å². The second-order valence-corrected chi connectivity index (χ2v) is 5.55. The summed E-state index contributed by atoms with van der Waals surface area (Å²) in [7, 11) is 0. The zero-order valence-electron chi connectivity index (χ0n) is 14.2. The number of rotatable bonds is 2. The molecule has 3 rings (SSSR count). The van der Waals surface area contributed by atoms with E-state index in [1.165, 1.54) is 47.9 Å². The summed E-state index contributed by atoms with van der Waals surface area (Å²) in [4.78, 5) is 0. The van der Waals surface area contributed by atoms with E-state index in [9.17, 15) is 0 Å². The summed E-state index contributed by atoms with van der Waals surface area (Å²) in [6.07, 6.45) is 6.43. The predicted molar refractivity (Wildman–Crippen MR) is 109 cm³/mol. The first-order chi connectivity index (χ1) is 10.3. The van der Waals surface area contributed by atoms with Crippen LogP contribution in [-0.4, -0.2) is 0 Å². The summed E-state index contributed by atoms with van der Waals surface area (Å²) in [5, 5.41) is 0. The first-order valence-electron chi connectivity index (χ1n) is 8.44. The highest BCUT2D eigenvalue weighted by atomic mass is 14.2. The first kappa shape index (κ1) is 23.7. The lowest BCUT2D eigenvalue weighted by Gasteiger charge is -1.98. The molecule has 0 N–H and O–H groups in total. The summed E-state index contributed by atoms with van der Waals surface area (Å²) in [6, 6.07) is 17.3. The molecule has 0 heteroatoms. The van der Waals surface area contributed by atoms with E-state index in [1.807, 2.05) is 0 Å². The van der Waals surface area contributed by atoms with Crippen LogP contribution in [-0.2, 0) is 6.42 Å². The highest BCUT2D eigenvalue weighted by Gasteiger charge is 2.15. The Hall–Kier alpha value is -1.56. The van der Waals surface area contributed by atoms with Gasteiger partial charge in [-0.2, -0.15) is 0 Å². The van der Waals surface area contributed by atoms with E-state index < -0.39 is 0 Å². The Morgan fingerprint density at radius 1 is 0.652 bits per heavy atom. The Morgan fingerprint density at radius 2 is 1.00 bits per heavy atom. The minimum Gasteiger partial charge on any atom is -0.0776 e. The van der Waals surface area contributed by atoms with E-state index in [-0.39, 0.29) is 14.9 Å². The third-order valence-electron chi connectivity index (χ3n) is 3.41. The van der Waals surface area contributed by atoms with Gasteiger partial charge < -0.3 is 0 Å². The summed E-state index contributed by atoms with van der Waals surface area (Å²) in [6.45, 7) is 8.67. The molecule has 0 radical (unpaired) electrons. The van der Waals surface area contributed by atoms with E-state index in [4.69, 9.17) is 0 Å². The Kier molecular flexibility index (Phi) is 14.5. The zero-order valence-corrected chi connectivity index (χ0v) is 14.2. The number of fused-ring (bicyclic) bond motifs is 3. The summed E-state index contributed by atoms with van der Waals surface area (Å²) >= 11 is 0. The molecule has 0 amide bonds. The van der Waals surface area contributed by atoms with E-state index in [1.54, 1.807) is 0 Å². The molecule has 0 spiro atoms. The largest absolute Gasteiger partial charge is 0.0776 e. The van der Waals surface area contributed by atoms with Crippen LogP contribution in [0.1, 0.15) is 79.4 Å². The Labute approximate surface area is 146 Å². The maximum absolute atomic E-state index is 2.22. The first-order valence-corrected chi connectivity index (χ1v) is 8.44. The highest BCUT2D eigenvalue weighted by molar-refractivity contribution is 5.76. The maximum Gasteiger partial charge on any atom is -0.00135 e. The molecule has 0 fully saturated rings. The van der Waals surface area contributed by atoms with Gasteiger partial charge in [-0.25, -0.2) is 0 Å². The molecule has 2 aromatic rings. The molecule has 0 bridgehead atoms. The maximum atomic E-state index is 2.22. The lowest BCUT2D eigenvalue weighted by Crippen LogP contribution is -1.77. The van der Waals surface area contributed by atoms with Crippen molar-refractivity contribution in [3.05, 3.63) is 59.7 Å². The van der Waals surface area contributed by atoms with Crippen LogP contribution in [0.25, 0.3) is 11.1 Å². The van der Waals surface area contributed by atoms with Crippen molar-refractivity contribution in [3.63, 3.8) is 0 Å². The zero-order chi connectivity index (χ0) is 15.5. The van der Waals surface area contributed by atoms with E-state index in [2.05, 4.69) is 76.2 Å². The van der Waals surface area contributed by atoms with Gasteiger partial charge in [-0.15, -0.1) is 0 Å². The van der Waals surface area contributed by atoms with Gasteiger partial charge in [0.25, 0.3) is 0 Å². The van der Waals surface area contributed by atoms with Gasteiger partial charge in [-0.1, -0.05) is 117 Å². The fourth-order valence-electron chi connectivity index (χ4n) is 2.43. The van der Waals surface area contributed by atoms with Gasteiger partial charge in [0.2, 0.25) is 0 Å². The van der Waals surface area contributed by atoms with Gasteiger partial charge in [0.05, 0.1) is 0 Å². The minimum atomic E-state index is 0. The van der Waals surface area contributed by atoms with Crippen LogP contribution in [0.3, 0.4) is 0 Å². The van der Waals surface area contributed by atoms with E-state index in [0.29, 0.717) is 0 Å². The fraction of sp³-hybridized carbons (Fsp3) is 0.478. The van der Waals surface area contributed by atoms with Gasteiger partial charge in [0, 0.05) is 0 Å². The summed E-state index contributed by atoms with van der Waals surface area (Å²) in [5.74, 6) is 0. The van der Waals surface area contributed by atoms with Crippen LogP contribution in [0.15, 0.2) is 48.5 Å². The van der Waals surface area contributed by atoms with Crippen LogP contribution < -0.4 is 0 Å². The van der Waals surface area contributed by atoms with Crippen molar-refractivity contribution in [2.45, 2.75) is 74.7 Å². The molecule has 0 heterocycles. The van der Waals surface area contributed by atoms with Gasteiger partial charge in [-0.05, 0) is 28.7 Å². The van der Waals surface area contributed by atoms with Gasteiger partial charge >= 0.3 is 0 Å². The Balaban J connectivity index is 0.